The van der Waals surface area contributed by atoms with E-state index in [4.69, 9.17) is 10.00 Å². The third-order valence-electron chi connectivity index (χ3n) is 3.82. The fourth-order valence-corrected chi connectivity index (χ4v) is 3.11. The molecule has 2 heterocycles. The number of esters is 1. The van der Waals surface area contributed by atoms with Gasteiger partial charge in [-0.25, -0.2) is 9.48 Å². The zero-order valence-electron chi connectivity index (χ0n) is 15.5. The Morgan fingerprint density at radius 3 is 2.90 bits per heavy atom. The minimum absolute atomic E-state index is 0.361. The van der Waals surface area contributed by atoms with Crippen molar-refractivity contribution < 1.29 is 14.3 Å². The van der Waals surface area contributed by atoms with Gasteiger partial charge in [0.2, 0.25) is 0 Å². The van der Waals surface area contributed by atoms with Crippen molar-refractivity contribution in [2.45, 2.75) is 19.6 Å². The van der Waals surface area contributed by atoms with Crippen molar-refractivity contribution in [1.82, 2.24) is 15.0 Å². The van der Waals surface area contributed by atoms with Crippen molar-refractivity contribution in [3.63, 3.8) is 0 Å². The van der Waals surface area contributed by atoms with E-state index in [-0.39, 0.29) is 0 Å². The number of thiophene rings is 1. The molecule has 0 aliphatic rings. The van der Waals surface area contributed by atoms with Crippen molar-refractivity contribution in [1.29, 1.82) is 5.26 Å². The molecule has 1 amide bonds. The zero-order chi connectivity index (χ0) is 20.6. The zero-order valence-corrected chi connectivity index (χ0v) is 16.3. The maximum absolute atomic E-state index is 12.1. The van der Waals surface area contributed by atoms with Gasteiger partial charge in [0.15, 0.2) is 6.10 Å². The van der Waals surface area contributed by atoms with Crippen molar-refractivity contribution in [2.75, 3.05) is 5.32 Å². The van der Waals surface area contributed by atoms with Crippen molar-refractivity contribution in [2.24, 2.45) is 0 Å². The number of benzene rings is 1. The van der Waals surface area contributed by atoms with Crippen molar-refractivity contribution in [3.8, 4) is 6.07 Å². The van der Waals surface area contributed by atoms with Gasteiger partial charge in [-0.15, -0.1) is 16.4 Å². The molecule has 0 bridgehead atoms. The molecule has 0 fully saturated rings. The summed E-state index contributed by atoms with van der Waals surface area (Å²) in [5, 5.41) is 21.6. The van der Waals surface area contributed by atoms with Crippen LogP contribution in [0.15, 0.2) is 54.1 Å². The molecule has 2 aromatic heterocycles. The summed E-state index contributed by atoms with van der Waals surface area (Å²) in [7, 11) is 0. The highest BCUT2D eigenvalue weighted by Gasteiger charge is 2.18. The van der Waals surface area contributed by atoms with Crippen molar-refractivity contribution in [3.05, 3.63) is 70.9 Å². The van der Waals surface area contributed by atoms with Gasteiger partial charge in [0.05, 0.1) is 18.3 Å². The summed E-state index contributed by atoms with van der Waals surface area (Å²) < 4.78 is 6.74. The lowest BCUT2D eigenvalue weighted by atomic mass is 10.2. The molecule has 0 saturated heterocycles. The van der Waals surface area contributed by atoms with Gasteiger partial charge >= 0.3 is 5.97 Å². The highest BCUT2D eigenvalue weighted by atomic mass is 32.1. The summed E-state index contributed by atoms with van der Waals surface area (Å²) in [6, 6.07) is 13.4. The summed E-state index contributed by atoms with van der Waals surface area (Å²) in [6.45, 7) is 2.02. The molecular weight excluding hydrogens is 390 g/mol. The average molecular weight is 407 g/mol. The number of nitriles is 1. The van der Waals surface area contributed by atoms with Crippen LogP contribution < -0.4 is 5.32 Å². The molecule has 0 radical (unpaired) electrons. The number of rotatable bonds is 7. The van der Waals surface area contributed by atoms with Gasteiger partial charge in [0, 0.05) is 6.08 Å². The molecule has 1 N–H and O–H groups in total. The molecule has 0 unspecified atom stereocenters. The summed E-state index contributed by atoms with van der Waals surface area (Å²) in [6.07, 6.45) is 3.34. The number of nitrogens with one attached hydrogen (secondary N) is 1. The molecule has 3 rings (SSSR count). The Kier molecular flexibility index (Phi) is 6.50. The van der Waals surface area contributed by atoms with E-state index in [9.17, 15) is 9.59 Å². The second-order valence-corrected chi connectivity index (χ2v) is 6.92. The van der Waals surface area contributed by atoms with E-state index in [1.807, 2.05) is 36.4 Å². The van der Waals surface area contributed by atoms with E-state index in [0.29, 0.717) is 22.8 Å². The van der Waals surface area contributed by atoms with Gasteiger partial charge in [-0.3, -0.25) is 4.79 Å². The lowest BCUT2D eigenvalue weighted by Gasteiger charge is -2.11. The number of carbonyl (C=O) groups is 2. The van der Waals surface area contributed by atoms with Crippen LogP contribution in [-0.4, -0.2) is 33.0 Å². The highest BCUT2D eigenvalue weighted by molar-refractivity contribution is 7.14. The fraction of sp³-hybridized carbons (Fsp3) is 0.150. The van der Waals surface area contributed by atoms with Crippen LogP contribution in [0, 0.1) is 11.3 Å². The van der Waals surface area contributed by atoms with Gasteiger partial charge in [-0.2, -0.15) is 5.26 Å². The maximum atomic E-state index is 12.1. The largest absolute Gasteiger partial charge is 0.449 e. The normalized spacial score (nSPS) is 11.7. The molecule has 1 aromatic carbocycles. The minimum atomic E-state index is -1.02. The predicted molar refractivity (Wildman–Crippen MR) is 108 cm³/mol. The Hall–Kier alpha value is -3.77. The van der Waals surface area contributed by atoms with Gasteiger partial charge in [-0.05, 0) is 30.0 Å². The standard InChI is InChI=1S/C20H17N5O3S/c1-14(19(27)22-20-16(11-21)9-10-29-20)28-18(26)8-7-17-13-25(24-23-17)12-15-5-3-2-4-6-15/h2-10,13-14H,12H2,1H3,(H,22,27)/b8-7+/t14-/m0/s1. The molecule has 29 heavy (non-hydrogen) atoms. The predicted octanol–water partition coefficient (Wildman–Crippen LogP) is 2.84. The minimum Gasteiger partial charge on any atom is -0.449 e. The molecule has 0 aliphatic heterocycles. The highest BCUT2D eigenvalue weighted by Crippen LogP contribution is 2.22. The first-order valence-electron chi connectivity index (χ1n) is 8.66. The van der Waals surface area contributed by atoms with Gasteiger partial charge in [0.1, 0.15) is 16.8 Å². The molecule has 9 heteroatoms. The van der Waals surface area contributed by atoms with Crippen LogP contribution in [0.2, 0.25) is 0 Å². The van der Waals surface area contributed by atoms with Crippen LogP contribution in [0.1, 0.15) is 23.7 Å². The lowest BCUT2D eigenvalue weighted by Crippen LogP contribution is -2.29. The number of aromatic nitrogens is 3. The number of carbonyl (C=O) groups excluding carboxylic acids is 2. The van der Waals surface area contributed by atoms with E-state index in [1.54, 1.807) is 22.3 Å². The maximum Gasteiger partial charge on any atom is 0.331 e. The number of nitrogens with zero attached hydrogens (tertiary/aromatic N) is 4. The van der Waals surface area contributed by atoms with E-state index in [2.05, 4.69) is 15.6 Å². The fourth-order valence-electron chi connectivity index (χ4n) is 2.37. The SMILES string of the molecule is C[C@H](OC(=O)/C=C/c1cn(Cc2ccccc2)nn1)C(=O)Nc1sccc1C#N. The average Bonchev–Trinajstić information content (AvgIpc) is 3.36. The Balaban J connectivity index is 1.51. The quantitative estimate of drug-likeness (QED) is 0.476. The summed E-state index contributed by atoms with van der Waals surface area (Å²) >= 11 is 1.22. The summed E-state index contributed by atoms with van der Waals surface area (Å²) in [5.74, 6) is -1.20. The third-order valence-corrected chi connectivity index (χ3v) is 4.65. The second kappa shape index (κ2) is 9.43. The molecule has 1 atom stereocenters. The first-order chi connectivity index (χ1) is 14.0. The number of anilines is 1. The molecule has 8 nitrogen and oxygen atoms in total. The summed E-state index contributed by atoms with van der Waals surface area (Å²) in [4.78, 5) is 24.1. The Morgan fingerprint density at radius 2 is 2.14 bits per heavy atom. The van der Waals surface area contributed by atoms with Crippen LogP contribution in [0.5, 0.6) is 0 Å². The topological polar surface area (TPSA) is 110 Å². The Morgan fingerprint density at radius 1 is 1.34 bits per heavy atom. The smallest absolute Gasteiger partial charge is 0.331 e. The molecule has 146 valence electrons. The first-order valence-corrected chi connectivity index (χ1v) is 9.54. The third kappa shape index (κ3) is 5.60. The van der Waals surface area contributed by atoms with Gasteiger partial charge < -0.3 is 10.1 Å². The number of hydrogen-bond acceptors (Lipinski definition) is 7. The second-order valence-electron chi connectivity index (χ2n) is 6.00. The van der Waals surface area contributed by atoms with E-state index >= 15 is 0 Å². The van der Waals surface area contributed by atoms with Crippen LogP contribution in [0.4, 0.5) is 5.00 Å². The first kappa shape index (κ1) is 20.0. The summed E-state index contributed by atoms with van der Waals surface area (Å²) in [5.41, 5.74) is 1.94. The number of hydrogen-bond donors (Lipinski definition) is 1. The Bertz CT molecular complexity index is 1070. The number of amides is 1. The molecule has 3 aromatic rings. The van der Waals surface area contributed by atoms with Crippen LogP contribution in [0.3, 0.4) is 0 Å². The number of ether oxygens (including phenoxy) is 1. The van der Waals surface area contributed by atoms with Crippen LogP contribution >= 0.6 is 11.3 Å². The van der Waals surface area contributed by atoms with E-state index < -0.39 is 18.0 Å². The van der Waals surface area contributed by atoms with Gasteiger partial charge in [0.25, 0.3) is 5.91 Å². The van der Waals surface area contributed by atoms with Crippen molar-refractivity contribution >= 4 is 34.3 Å². The molecular formula is C20H17N5O3S. The van der Waals surface area contributed by atoms with Gasteiger partial charge in [-0.1, -0.05) is 35.5 Å². The molecule has 0 saturated carbocycles. The molecule has 0 aliphatic carbocycles. The van der Waals surface area contributed by atoms with Crippen LogP contribution in [0.25, 0.3) is 6.08 Å². The molecule has 0 spiro atoms. The van der Waals surface area contributed by atoms with Crippen LogP contribution in [-0.2, 0) is 20.9 Å². The Labute approximate surface area is 171 Å². The monoisotopic (exact) mass is 407 g/mol. The van der Waals surface area contributed by atoms with E-state index in [0.717, 1.165) is 5.56 Å². The lowest BCUT2D eigenvalue weighted by molar-refractivity contribution is -0.148. The van der Waals surface area contributed by atoms with E-state index in [1.165, 1.54) is 30.4 Å².